The van der Waals surface area contributed by atoms with Gasteiger partial charge in [0, 0.05) is 6.42 Å². The number of carbonyl (C=O) groups is 1. The van der Waals surface area contributed by atoms with E-state index in [1.807, 2.05) is 6.08 Å². The third kappa shape index (κ3) is 39.0. The molecule has 0 aromatic rings. The molecule has 1 aliphatic rings. The van der Waals surface area contributed by atoms with Gasteiger partial charge < -0.3 is 40.3 Å². The monoisotopic (exact) mass is 982 g/mol. The van der Waals surface area contributed by atoms with Gasteiger partial charge in [-0.1, -0.05) is 240 Å². The quantitative estimate of drug-likeness (QED) is 0.0261. The highest BCUT2D eigenvalue weighted by atomic mass is 16.7. The Labute approximate surface area is 429 Å². The fourth-order valence-corrected chi connectivity index (χ4v) is 8.67. The van der Waals surface area contributed by atoms with Gasteiger partial charge in [-0.15, -0.1) is 0 Å². The van der Waals surface area contributed by atoms with Crippen molar-refractivity contribution in [1.82, 2.24) is 5.32 Å². The number of carbonyl (C=O) groups excluding carboxylic acids is 1. The third-order valence-electron chi connectivity index (χ3n) is 13.2. The molecule has 7 unspecified atom stereocenters. The molecule has 1 aliphatic heterocycles. The summed E-state index contributed by atoms with van der Waals surface area (Å²) in [5, 5.41) is 54.3. The van der Waals surface area contributed by atoms with Gasteiger partial charge in [0.25, 0.3) is 0 Å². The lowest BCUT2D eigenvalue weighted by Crippen LogP contribution is -2.60. The summed E-state index contributed by atoms with van der Waals surface area (Å²) in [6, 6.07) is -0.823. The van der Waals surface area contributed by atoms with Crippen LogP contribution < -0.4 is 5.32 Å². The Balaban J connectivity index is 2.10. The number of ether oxygens (including phenoxy) is 2. The highest BCUT2D eigenvalue weighted by Gasteiger charge is 2.44. The summed E-state index contributed by atoms with van der Waals surface area (Å²) < 4.78 is 11.2. The van der Waals surface area contributed by atoms with Crippen LogP contribution >= 0.6 is 0 Å². The first kappa shape index (κ1) is 65.4. The molecule has 1 saturated heterocycles. The van der Waals surface area contributed by atoms with Crippen molar-refractivity contribution in [1.29, 1.82) is 0 Å². The van der Waals surface area contributed by atoms with Gasteiger partial charge in [0.15, 0.2) is 6.29 Å². The largest absolute Gasteiger partial charge is 0.394 e. The zero-order chi connectivity index (χ0) is 50.8. The topological polar surface area (TPSA) is 149 Å². The Hall–Kier alpha value is -2.63. The summed E-state index contributed by atoms with van der Waals surface area (Å²) in [5.41, 5.74) is 0. The fraction of sp³-hybridized carbons (Fsp3) is 0.754. The first-order chi connectivity index (χ1) is 34.3. The maximum absolute atomic E-state index is 13.0. The second-order valence-corrected chi connectivity index (χ2v) is 19.7. The number of amides is 1. The van der Waals surface area contributed by atoms with Crippen LogP contribution in [-0.2, 0) is 14.3 Å². The van der Waals surface area contributed by atoms with E-state index in [9.17, 15) is 30.3 Å². The van der Waals surface area contributed by atoms with E-state index in [0.717, 1.165) is 70.6 Å². The molecular weight excluding hydrogens is 875 g/mol. The standard InChI is InChI=1S/C61H107NO8/c1-3-5-7-9-11-13-15-17-18-19-20-21-22-23-24-25-26-27-28-29-30-31-32-33-34-35-36-37-38-39-41-43-45-47-49-51-57(65)62-54(53-69-61-60(68)59(67)58(66)56(52-63)70-61)55(64)50-48-46-44-42-40-16-14-12-10-8-6-4-2/h5,7,11,13,17-18,20-21,23-24,40,42,48,50,54-56,58-61,63-64,66-68H,3-4,6,8-10,12,14-16,19,22,25-39,41,43-47,49,51-53H2,1-2H3,(H,62,65)/b7-5-,13-11-,18-17-,21-20-,24-23-,42-40+,50-48+. The lowest BCUT2D eigenvalue weighted by molar-refractivity contribution is -0.302. The van der Waals surface area contributed by atoms with Crippen LogP contribution in [0.3, 0.4) is 0 Å². The number of hydrogen-bond donors (Lipinski definition) is 6. The van der Waals surface area contributed by atoms with E-state index in [0.29, 0.717) is 6.42 Å². The van der Waals surface area contributed by atoms with Crippen molar-refractivity contribution in [3.8, 4) is 0 Å². The predicted octanol–water partition coefficient (Wildman–Crippen LogP) is 14.2. The van der Waals surface area contributed by atoms with Gasteiger partial charge in [-0.05, 0) is 77.0 Å². The van der Waals surface area contributed by atoms with E-state index in [1.165, 1.54) is 148 Å². The lowest BCUT2D eigenvalue weighted by atomic mass is 9.99. The predicted molar refractivity (Wildman–Crippen MR) is 295 cm³/mol. The number of aliphatic hydroxyl groups excluding tert-OH is 5. The first-order valence-electron chi connectivity index (χ1n) is 28.8. The molecule has 0 saturated carbocycles. The van der Waals surface area contributed by atoms with Crippen LogP contribution in [0, 0.1) is 0 Å². The van der Waals surface area contributed by atoms with E-state index in [-0.39, 0.29) is 12.5 Å². The smallest absolute Gasteiger partial charge is 0.220 e. The summed E-state index contributed by atoms with van der Waals surface area (Å²) in [7, 11) is 0. The molecule has 9 heteroatoms. The van der Waals surface area contributed by atoms with Crippen LogP contribution in [0.15, 0.2) is 85.1 Å². The third-order valence-corrected chi connectivity index (χ3v) is 13.2. The molecule has 0 spiro atoms. The average Bonchev–Trinajstić information content (AvgIpc) is 3.36. The van der Waals surface area contributed by atoms with Crippen molar-refractivity contribution in [3.05, 3.63) is 85.1 Å². The van der Waals surface area contributed by atoms with Crippen molar-refractivity contribution < 1.29 is 39.8 Å². The van der Waals surface area contributed by atoms with Crippen molar-refractivity contribution >= 4 is 5.91 Å². The highest BCUT2D eigenvalue weighted by molar-refractivity contribution is 5.76. The van der Waals surface area contributed by atoms with Gasteiger partial charge in [-0.2, -0.15) is 0 Å². The Bertz CT molecular complexity index is 1370. The molecule has 1 rings (SSSR count). The molecule has 1 heterocycles. The lowest BCUT2D eigenvalue weighted by Gasteiger charge is -2.40. The molecule has 1 fully saturated rings. The Morgan fingerprint density at radius 3 is 1.37 bits per heavy atom. The van der Waals surface area contributed by atoms with Crippen LogP contribution in [0.25, 0.3) is 0 Å². The minimum Gasteiger partial charge on any atom is -0.394 e. The second-order valence-electron chi connectivity index (χ2n) is 19.7. The summed E-state index contributed by atoms with van der Waals surface area (Å²) in [4.78, 5) is 13.0. The van der Waals surface area contributed by atoms with Gasteiger partial charge in [0.2, 0.25) is 5.91 Å². The molecule has 1 amide bonds. The Morgan fingerprint density at radius 2 is 0.900 bits per heavy atom. The van der Waals surface area contributed by atoms with Gasteiger partial charge >= 0.3 is 0 Å². The molecule has 404 valence electrons. The molecule has 7 atom stereocenters. The van der Waals surface area contributed by atoms with Crippen molar-refractivity contribution in [2.75, 3.05) is 13.2 Å². The number of hydrogen-bond acceptors (Lipinski definition) is 8. The van der Waals surface area contributed by atoms with Gasteiger partial charge in [-0.3, -0.25) is 4.79 Å². The second kappa shape index (κ2) is 49.9. The maximum atomic E-state index is 13.0. The molecular formula is C61H107NO8. The van der Waals surface area contributed by atoms with Gasteiger partial charge in [-0.25, -0.2) is 0 Å². The Morgan fingerprint density at radius 1 is 0.500 bits per heavy atom. The Kier molecular flexibility index (Phi) is 46.6. The number of rotatable bonds is 48. The highest BCUT2D eigenvalue weighted by Crippen LogP contribution is 2.23. The zero-order valence-electron chi connectivity index (χ0n) is 44.7. The summed E-state index contributed by atoms with van der Waals surface area (Å²) in [6.07, 6.45) is 63.8. The molecule has 6 N–H and O–H groups in total. The molecule has 70 heavy (non-hydrogen) atoms. The van der Waals surface area contributed by atoms with Crippen LogP contribution in [0.5, 0.6) is 0 Å². The van der Waals surface area contributed by atoms with E-state index in [1.54, 1.807) is 6.08 Å². The normalized spacial score (nSPS) is 20.0. The molecule has 0 radical (unpaired) electrons. The average molecular weight is 983 g/mol. The summed E-state index contributed by atoms with van der Waals surface area (Å²) >= 11 is 0. The maximum Gasteiger partial charge on any atom is 0.220 e. The first-order valence-corrected chi connectivity index (χ1v) is 28.8. The number of allylic oxidation sites excluding steroid dienone is 13. The van der Waals surface area contributed by atoms with Crippen LogP contribution in [-0.4, -0.2) is 87.5 Å². The minimum absolute atomic E-state index is 0.188. The van der Waals surface area contributed by atoms with E-state index >= 15 is 0 Å². The van der Waals surface area contributed by atoms with E-state index in [4.69, 9.17) is 9.47 Å². The van der Waals surface area contributed by atoms with Gasteiger partial charge in [0.1, 0.15) is 24.4 Å². The van der Waals surface area contributed by atoms with Crippen LogP contribution in [0.4, 0.5) is 0 Å². The van der Waals surface area contributed by atoms with Crippen LogP contribution in [0.2, 0.25) is 0 Å². The fourth-order valence-electron chi connectivity index (χ4n) is 8.67. The van der Waals surface area contributed by atoms with Crippen molar-refractivity contribution in [2.24, 2.45) is 0 Å². The van der Waals surface area contributed by atoms with Crippen LogP contribution in [0.1, 0.15) is 239 Å². The molecule has 0 aromatic carbocycles. The summed E-state index contributed by atoms with van der Waals surface area (Å²) in [6.45, 7) is 3.63. The van der Waals surface area contributed by atoms with Crippen molar-refractivity contribution in [2.45, 2.75) is 281 Å². The summed E-state index contributed by atoms with van der Waals surface area (Å²) in [5.74, 6) is -0.188. The molecule has 0 bridgehead atoms. The van der Waals surface area contributed by atoms with E-state index in [2.05, 4.69) is 92.1 Å². The SMILES string of the molecule is CC/C=C\C/C=C\C/C=C\C/C=C\C/C=C\CCCCCCCCCCCCCCCCCCCCCC(=O)NC(COC1OC(CO)C(O)C(O)C1O)C(O)/C=C/CC/C=C/CCCCCCCC. The van der Waals surface area contributed by atoms with E-state index < -0.39 is 49.5 Å². The number of aliphatic hydroxyl groups is 5. The number of nitrogens with one attached hydrogen (secondary N) is 1. The van der Waals surface area contributed by atoms with Gasteiger partial charge in [0.05, 0.1) is 25.4 Å². The number of unbranched alkanes of at least 4 members (excludes halogenated alkanes) is 26. The van der Waals surface area contributed by atoms with Crippen molar-refractivity contribution in [3.63, 3.8) is 0 Å². The molecule has 9 nitrogen and oxygen atoms in total. The molecule has 0 aromatic heterocycles. The molecule has 0 aliphatic carbocycles. The zero-order valence-corrected chi connectivity index (χ0v) is 44.7. The minimum atomic E-state index is -1.57.